The van der Waals surface area contributed by atoms with E-state index in [9.17, 15) is 14.4 Å². The van der Waals surface area contributed by atoms with E-state index in [4.69, 9.17) is 21.4 Å². The second-order valence-corrected chi connectivity index (χ2v) is 18.3. The summed E-state index contributed by atoms with van der Waals surface area (Å²) in [6, 6.07) is -0.700. The number of ether oxygens (including phenoxy) is 1. The largest absolute Gasteiger partial charge is 0.445 e. The molecule has 3 amide bonds. The molecule has 11 heteroatoms. The van der Waals surface area contributed by atoms with Crippen molar-refractivity contribution in [2.45, 2.75) is 82.6 Å². The average molecular weight is 558 g/mol. The van der Waals surface area contributed by atoms with Crippen LogP contribution in [0.15, 0.2) is 12.7 Å². The summed E-state index contributed by atoms with van der Waals surface area (Å²) in [5.41, 5.74) is 0. The predicted octanol–water partition coefficient (Wildman–Crippen LogP) is 4.06. The lowest BCUT2D eigenvalue weighted by atomic mass is 9.79. The fourth-order valence-corrected chi connectivity index (χ4v) is 7.51. The summed E-state index contributed by atoms with van der Waals surface area (Å²) < 4.78 is 12.5. The molecule has 0 spiro atoms. The quantitative estimate of drug-likeness (QED) is 0.198. The maximum atomic E-state index is 12.8. The van der Waals surface area contributed by atoms with Gasteiger partial charge in [-0.25, -0.2) is 4.79 Å². The Labute approximate surface area is 227 Å². The van der Waals surface area contributed by atoms with E-state index in [0.717, 1.165) is 4.20 Å². The summed E-state index contributed by atoms with van der Waals surface area (Å²) in [6.07, 6.45) is 1.26. The van der Waals surface area contributed by atoms with Gasteiger partial charge in [-0.3, -0.25) is 14.5 Å². The van der Waals surface area contributed by atoms with E-state index in [0.29, 0.717) is 13.0 Å². The molecule has 0 aromatic rings. The van der Waals surface area contributed by atoms with E-state index < -0.39 is 20.5 Å². The Bertz CT molecular complexity index is 876. The molecule has 6 atom stereocenters. The third-order valence-corrected chi connectivity index (χ3v) is 14.0. The molecule has 0 aromatic heterocycles. The van der Waals surface area contributed by atoms with Gasteiger partial charge in [0.2, 0.25) is 11.8 Å². The van der Waals surface area contributed by atoms with Crippen molar-refractivity contribution in [1.82, 2.24) is 15.1 Å². The first kappa shape index (κ1) is 30.8. The number of hydrogen-bond acceptors (Lipinski definition) is 7. The molecule has 1 N–H and O–H groups in total. The molecule has 2 aliphatic heterocycles. The molecule has 8 nitrogen and oxygen atoms in total. The Morgan fingerprint density at radius 1 is 1.33 bits per heavy atom. The number of nitrogens with zero attached hydrogens (tertiary/aromatic N) is 2. The van der Waals surface area contributed by atoms with E-state index in [-0.39, 0.29) is 52.7 Å². The highest BCUT2D eigenvalue weighted by atomic mass is 32.2. The Balaban J connectivity index is 2.06. The number of likely N-dealkylation sites (tertiary alicyclic amines) is 1. The number of thioether (sulfide) groups is 1. The molecule has 2 aliphatic rings. The van der Waals surface area contributed by atoms with Crippen LogP contribution in [-0.4, -0.2) is 90.9 Å². The van der Waals surface area contributed by atoms with Crippen LogP contribution in [0.1, 0.15) is 41.0 Å². The number of carbonyl (C=O) groups excluding carboxylic acids is 3. The first-order valence-electron chi connectivity index (χ1n) is 12.5. The minimum Gasteiger partial charge on any atom is -0.445 e. The molecule has 0 saturated carbocycles. The zero-order valence-electron chi connectivity index (χ0n) is 23.1. The van der Waals surface area contributed by atoms with E-state index in [2.05, 4.69) is 45.8 Å². The zero-order valence-corrected chi connectivity index (χ0v) is 25.8. The van der Waals surface area contributed by atoms with E-state index in [1.54, 1.807) is 14.1 Å². The summed E-state index contributed by atoms with van der Waals surface area (Å²) in [6.45, 7) is 19.0. The van der Waals surface area contributed by atoms with Gasteiger partial charge in [0.15, 0.2) is 8.32 Å². The number of thiocarbonyl (C=S) groups is 1. The first-order valence-corrected chi connectivity index (χ1v) is 16.7. The average Bonchev–Trinajstić information content (AvgIpc) is 3.16. The van der Waals surface area contributed by atoms with E-state index >= 15 is 0 Å². The van der Waals surface area contributed by atoms with Crippen LogP contribution in [0.4, 0.5) is 4.79 Å². The molecule has 36 heavy (non-hydrogen) atoms. The molecule has 0 aromatic carbocycles. The second kappa shape index (κ2) is 12.0. The SMILES string of the molecule is C=CCOC(=O)N1C[C@@H](SC(=S)[C@H](C)[C@H]2NC(=O)[C@@H]2[C@@H](C)O[Si](C)(C)C(C)(C)C)C[C@H]1C(=O)N(C)C. The molecular weight excluding hydrogens is 515 g/mol. The van der Waals surface area contributed by atoms with Crippen LogP contribution < -0.4 is 5.32 Å². The number of likely N-dealkylation sites (N-methyl/N-ethyl adjacent to an activating group) is 1. The number of carbonyl (C=O) groups is 3. The van der Waals surface area contributed by atoms with Crippen LogP contribution in [0, 0.1) is 11.8 Å². The summed E-state index contributed by atoms with van der Waals surface area (Å²) in [5.74, 6) is -0.470. The topological polar surface area (TPSA) is 88.2 Å². The van der Waals surface area contributed by atoms with Crippen LogP contribution in [-0.2, 0) is 18.8 Å². The van der Waals surface area contributed by atoms with Crippen molar-refractivity contribution in [3.63, 3.8) is 0 Å². The smallest absolute Gasteiger partial charge is 0.410 e. The Morgan fingerprint density at radius 3 is 2.44 bits per heavy atom. The lowest BCUT2D eigenvalue weighted by Gasteiger charge is -2.47. The molecule has 0 radical (unpaired) electrons. The molecule has 2 fully saturated rings. The summed E-state index contributed by atoms with van der Waals surface area (Å²) in [7, 11) is 1.32. The van der Waals surface area contributed by atoms with Gasteiger partial charge < -0.3 is 19.4 Å². The van der Waals surface area contributed by atoms with Crippen LogP contribution >= 0.6 is 24.0 Å². The van der Waals surface area contributed by atoms with Gasteiger partial charge in [-0.05, 0) is 31.5 Å². The maximum absolute atomic E-state index is 12.8. The van der Waals surface area contributed by atoms with Gasteiger partial charge >= 0.3 is 6.09 Å². The van der Waals surface area contributed by atoms with Gasteiger partial charge in [-0.1, -0.05) is 52.6 Å². The minimum atomic E-state index is -2.03. The predicted molar refractivity (Wildman–Crippen MR) is 152 cm³/mol. The molecule has 0 bridgehead atoms. The molecule has 2 rings (SSSR count). The van der Waals surface area contributed by atoms with Crippen LogP contribution in [0.2, 0.25) is 18.1 Å². The van der Waals surface area contributed by atoms with Gasteiger partial charge in [0.05, 0.1) is 22.3 Å². The summed E-state index contributed by atoms with van der Waals surface area (Å²) in [4.78, 5) is 40.9. The highest BCUT2D eigenvalue weighted by Gasteiger charge is 2.50. The monoisotopic (exact) mass is 557 g/mol. The van der Waals surface area contributed by atoms with Crippen molar-refractivity contribution >= 4 is 54.4 Å². The molecular formula is C25H43N3O5S2Si. The lowest BCUT2D eigenvalue weighted by molar-refractivity contribution is -0.141. The summed E-state index contributed by atoms with van der Waals surface area (Å²) >= 11 is 7.31. The number of β-lactam (4-membered cyclic amide) rings is 1. The highest BCUT2D eigenvalue weighted by Crippen LogP contribution is 2.40. The van der Waals surface area contributed by atoms with Crippen molar-refractivity contribution in [3.8, 4) is 0 Å². The van der Waals surface area contributed by atoms with Crippen molar-refractivity contribution in [3.05, 3.63) is 12.7 Å². The van der Waals surface area contributed by atoms with Crippen molar-refractivity contribution < 1.29 is 23.5 Å². The van der Waals surface area contributed by atoms with Crippen LogP contribution in [0.5, 0.6) is 0 Å². The number of nitrogens with one attached hydrogen (secondary N) is 1. The van der Waals surface area contributed by atoms with E-state index in [1.807, 2.05) is 13.8 Å². The second-order valence-electron chi connectivity index (χ2n) is 11.5. The maximum Gasteiger partial charge on any atom is 0.410 e. The van der Waals surface area contributed by atoms with Crippen molar-refractivity contribution in [2.24, 2.45) is 11.8 Å². The standard InChI is InChI=1S/C25H43N3O5S2Si/c1-11-12-32-24(31)28-14-17(13-18(28)22(30)27(7)8)35-23(34)15(2)20-19(21(29)26-20)16(3)33-36(9,10)25(4,5)6/h11,15-20H,1,12-14H2,2-10H3,(H,26,29)/t15-,16-,17+,18+,19-,20-/m1/s1. The Morgan fingerprint density at radius 2 is 1.94 bits per heavy atom. The molecule has 0 aliphatic carbocycles. The highest BCUT2D eigenvalue weighted by molar-refractivity contribution is 8.23. The number of rotatable bonds is 9. The fraction of sp³-hybridized carbons (Fsp3) is 0.760. The first-order chi connectivity index (χ1) is 16.5. The molecule has 204 valence electrons. The van der Waals surface area contributed by atoms with Gasteiger partial charge in [-0.15, -0.1) is 11.8 Å². The number of hydrogen-bond donors (Lipinski definition) is 1. The fourth-order valence-electron chi connectivity index (χ4n) is 4.32. The van der Waals surface area contributed by atoms with Crippen molar-refractivity contribution in [2.75, 3.05) is 27.2 Å². The lowest BCUT2D eigenvalue weighted by Crippen LogP contribution is -2.66. The molecule has 2 heterocycles. The third kappa shape index (κ3) is 6.90. The van der Waals surface area contributed by atoms with Gasteiger partial charge in [0, 0.05) is 31.8 Å². The zero-order chi connectivity index (χ0) is 27.6. The van der Waals surface area contributed by atoms with Crippen molar-refractivity contribution in [1.29, 1.82) is 0 Å². The summed E-state index contributed by atoms with van der Waals surface area (Å²) in [5, 5.41) is 3.05. The van der Waals surface area contributed by atoms with Gasteiger partial charge in [-0.2, -0.15) is 0 Å². The van der Waals surface area contributed by atoms with Gasteiger partial charge in [0.25, 0.3) is 0 Å². The third-order valence-electron chi connectivity index (χ3n) is 7.53. The molecule has 2 saturated heterocycles. The molecule has 0 unspecified atom stereocenters. The number of amides is 3. The normalized spacial score (nSPS) is 25.9. The Hall–Kier alpha value is -1.43. The Kier molecular flexibility index (Phi) is 10.2. The van der Waals surface area contributed by atoms with Gasteiger partial charge in [0.1, 0.15) is 12.6 Å². The van der Waals surface area contributed by atoms with Crippen LogP contribution in [0.25, 0.3) is 0 Å². The van der Waals surface area contributed by atoms with E-state index in [1.165, 1.54) is 27.6 Å². The minimum absolute atomic E-state index is 0.000455. The van der Waals surface area contributed by atoms with Crippen LogP contribution in [0.3, 0.4) is 0 Å².